The van der Waals surface area contributed by atoms with Crippen LogP contribution in [0.15, 0.2) is 18.2 Å². The summed E-state index contributed by atoms with van der Waals surface area (Å²) in [5, 5.41) is 0.740. The van der Waals surface area contributed by atoms with Gasteiger partial charge in [-0.1, -0.05) is 36.2 Å². The molecule has 0 aliphatic carbocycles. The summed E-state index contributed by atoms with van der Waals surface area (Å²) < 4.78 is 5.60. The number of likely N-dealkylation sites (N-methyl/N-ethyl adjacent to an activating group) is 1. The number of rotatable bonds is 5. The minimum Gasteiger partial charge on any atom is -0.479 e. The number of hydrogen-bond donors (Lipinski definition) is 0. The zero-order valence-electron chi connectivity index (χ0n) is 11.6. The maximum atomic E-state index is 12.2. The van der Waals surface area contributed by atoms with Gasteiger partial charge in [0, 0.05) is 13.1 Å². The van der Waals surface area contributed by atoms with Gasteiger partial charge in [0.05, 0.1) is 5.02 Å². The van der Waals surface area contributed by atoms with Gasteiger partial charge in [-0.05, 0) is 32.4 Å². The van der Waals surface area contributed by atoms with Crippen molar-refractivity contribution in [3.63, 3.8) is 0 Å². The Morgan fingerprint density at radius 3 is 2.58 bits per heavy atom. The van der Waals surface area contributed by atoms with Crippen LogP contribution in [0.1, 0.15) is 27.2 Å². The van der Waals surface area contributed by atoms with Crippen LogP contribution in [0.5, 0.6) is 5.75 Å². The first-order valence-electron chi connectivity index (χ1n) is 6.25. The molecular weight excluding hydrogens is 285 g/mol. The zero-order valence-corrected chi connectivity index (χ0v) is 13.1. The van der Waals surface area contributed by atoms with Gasteiger partial charge in [0.1, 0.15) is 10.8 Å². The van der Waals surface area contributed by atoms with Gasteiger partial charge in [-0.15, -0.1) is 0 Å². The Balaban J connectivity index is 2.77. The van der Waals surface area contributed by atoms with Crippen LogP contribution < -0.4 is 4.74 Å². The van der Waals surface area contributed by atoms with E-state index in [1.165, 1.54) is 0 Å². The van der Waals surface area contributed by atoms with E-state index in [9.17, 15) is 4.79 Å². The molecule has 1 amide bonds. The van der Waals surface area contributed by atoms with Crippen molar-refractivity contribution in [1.82, 2.24) is 4.90 Å². The normalized spacial score (nSPS) is 13.8. The van der Waals surface area contributed by atoms with Crippen molar-refractivity contribution >= 4 is 29.1 Å². The van der Waals surface area contributed by atoms with Gasteiger partial charge in [-0.25, -0.2) is 0 Å². The van der Waals surface area contributed by atoms with Gasteiger partial charge >= 0.3 is 0 Å². The molecule has 0 radical (unpaired) electrons. The topological polar surface area (TPSA) is 29.5 Å². The summed E-state index contributed by atoms with van der Waals surface area (Å²) in [6.45, 7) is 5.74. The Labute approximate surface area is 124 Å². The number of carbonyl (C=O) groups excluding carboxylic acids is 1. The van der Waals surface area contributed by atoms with Crippen molar-refractivity contribution < 1.29 is 9.53 Å². The number of amides is 1. The molecule has 0 N–H and O–H groups in total. The number of carbonyl (C=O) groups is 1. The molecule has 5 heteroatoms. The minimum atomic E-state index is -0.602. The molecule has 2 unspecified atom stereocenters. The average Bonchev–Trinajstić information content (AvgIpc) is 2.41. The highest BCUT2D eigenvalue weighted by Crippen LogP contribution is 2.32. The van der Waals surface area contributed by atoms with Crippen LogP contribution in [-0.2, 0) is 4.79 Å². The van der Waals surface area contributed by atoms with Crippen LogP contribution in [0.2, 0.25) is 10.0 Å². The summed E-state index contributed by atoms with van der Waals surface area (Å²) in [5.74, 6) is 0.345. The molecule has 0 aliphatic heterocycles. The second-order valence-corrected chi connectivity index (χ2v) is 5.30. The molecule has 1 rings (SSSR count). The molecule has 0 aromatic heterocycles. The Morgan fingerprint density at radius 1 is 1.37 bits per heavy atom. The molecule has 3 nitrogen and oxygen atoms in total. The highest BCUT2D eigenvalue weighted by molar-refractivity contribution is 6.42. The molecule has 106 valence electrons. The summed E-state index contributed by atoms with van der Waals surface area (Å²) in [5.41, 5.74) is 0. The van der Waals surface area contributed by atoms with Gasteiger partial charge in [0.2, 0.25) is 0 Å². The molecule has 0 aliphatic rings. The van der Waals surface area contributed by atoms with Gasteiger partial charge in [0.25, 0.3) is 5.91 Å². The fraction of sp³-hybridized carbons (Fsp3) is 0.500. The monoisotopic (exact) mass is 303 g/mol. The Bertz CT molecular complexity index is 451. The van der Waals surface area contributed by atoms with E-state index < -0.39 is 6.10 Å². The third kappa shape index (κ3) is 4.02. The first-order chi connectivity index (χ1) is 8.88. The van der Waals surface area contributed by atoms with Crippen LogP contribution in [0, 0.1) is 0 Å². The van der Waals surface area contributed by atoms with E-state index in [0.717, 1.165) is 6.42 Å². The summed E-state index contributed by atoms with van der Waals surface area (Å²) in [7, 11) is 1.77. The van der Waals surface area contributed by atoms with Crippen LogP contribution in [0.3, 0.4) is 0 Å². The second kappa shape index (κ2) is 7.01. The van der Waals surface area contributed by atoms with Crippen molar-refractivity contribution in [2.24, 2.45) is 0 Å². The summed E-state index contributed by atoms with van der Waals surface area (Å²) in [6.07, 6.45) is 0.294. The molecule has 0 saturated heterocycles. The standard InChI is InChI=1S/C14H19Cl2NO2/c1-5-9(2)17(4)14(18)10(3)19-12-8-6-7-11(15)13(12)16/h6-10H,5H2,1-4H3. The average molecular weight is 304 g/mol. The molecule has 19 heavy (non-hydrogen) atoms. The number of nitrogens with zero attached hydrogens (tertiary/aromatic N) is 1. The van der Waals surface area contributed by atoms with Crippen molar-refractivity contribution in [2.45, 2.75) is 39.3 Å². The fourth-order valence-corrected chi connectivity index (χ4v) is 1.93. The molecular formula is C14H19Cl2NO2. The minimum absolute atomic E-state index is 0.0783. The van der Waals surface area contributed by atoms with E-state index >= 15 is 0 Å². The SMILES string of the molecule is CCC(C)N(C)C(=O)C(C)Oc1cccc(Cl)c1Cl. The van der Waals surface area contributed by atoms with E-state index in [-0.39, 0.29) is 11.9 Å². The fourth-order valence-electron chi connectivity index (χ4n) is 1.59. The predicted molar refractivity (Wildman–Crippen MR) is 79.1 cm³/mol. The van der Waals surface area contributed by atoms with Crippen LogP contribution in [-0.4, -0.2) is 30.0 Å². The van der Waals surface area contributed by atoms with Gasteiger partial charge in [-0.3, -0.25) is 4.79 Å². The molecule has 0 saturated carbocycles. The molecule has 0 spiro atoms. The summed E-state index contributed by atoms with van der Waals surface area (Å²) >= 11 is 11.9. The lowest BCUT2D eigenvalue weighted by atomic mass is 10.2. The number of hydrogen-bond acceptors (Lipinski definition) is 2. The highest BCUT2D eigenvalue weighted by atomic mass is 35.5. The van der Waals surface area contributed by atoms with E-state index in [0.29, 0.717) is 15.8 Å². The summed E-state index contributed by atoms with van der Waals surface area (Å²) in [4.78, 5) is 13.9. The molecule has 1 aromatic carbocycles. The maximum absolute atomic E-state index is 12.2. The van der Waals surface area contributed by atoms with E-state index in [2.05, 4.69) is 0 Å². The van der Waals surface area contributed by atoms with E-state index in [1.807, 2.05) is 13.8 Å². The van der Waals surface area contributed by atoms with Crippen LogP contribution in [0.4, 0.5) is 0 Å². The number of benzene rings is 1. The van der Waals surface area contributed by atoms with Crippen LogP contribution >= 0.6 is 23.2 Å². The molecule has 0 heterocycles. The van der Waals surface area contributed by atoms with Crippen molar-refractivity contribution in [1.29, 1.82) is 0 Å². The smallest absolute Gasteiger partial charge is 0.263 e. The van der Waals surface area contributed by atoms with Crippen molar-refractivity contribution in [3.05, 3.63) is 28.2 Å². The van der Waals surface area contributed by atoms with Crippen molar-refractivity contribution in [2.75, 3.05) is 7.05 Å². The van der Waals surface area contributed by atoms with Gasteiger partial charge in [0.15, 0.2) is 6.10 Å². The summed E-state index contributed by atoms with van der Waals surface area (Å²) in [6, 6.07) is 5.28. The van der Waals surface area contributed by atoms with Crippen LogP contribution in [0.25, 0.3) is 0 Å². The van der Waals surface area contributed by atoms with Gasteiger partial charge < -0.3 is 9.64 Å². The lowest BCUT2D eigenvalue weighted by Crippen LogP contribution is -2.42. The third-order valence-corrected chi connectivity index (χ3v) is 3.97. The highest BCUT2D eigenvalue weighted by Gasteiger charge is 2.23. The largest absolute Gasteiger partial charge is 0.479 e. The Kier molecular flexibility index (Phi) is 5.95. The lowest BCUT2D eigenvalue weighted by molar-refractivity contribution is -0.138. The molecule has 0 fully saturated rings. The quantitative estimate of drug-likeness (QED) is 0.822. The maximum Gasteiger partial charge on any atom is 0.263 e. The second-order valence-electron chi connectivity index (χ2n) is 4.52. The van der Waals surface area contributed by atoms with Gasteiger partial charge in [-0.2, -0.15) is 0 Å². The van der Waals surface area contributed by atoms with E-state index in [4.69, 9.17) is 27.9 Å². The first-order valence-corrected chi connectivity index (χ1v) is 7.01. The third-order valence-electron chi connectivity index (χ3n) is 3.17. The lowest BCUT2D eigenvalue weighted by Gasteiger charge is -2.27. The first kappa shape index (κ1) is 16.1. The predicted octanol–water partition coefficient (Wildman–Crippen LogP) is 4.02. The molecule has 2 atom stereocenters. The van der Waals surface area contributed by atoms with E-state index in [1.54, 1.807) is 37.1 Å². The Hall–Kier alpha value is -0.930. The number of ether oxygens (including phenoxy) is 1. The zero-order chi connectivity index (χ0) is 14.6. The number of halogens is 2. The van der Waals surface area contributed by atoms with Crippen molar-refractivity contribution in [3.8, 4) is 5.75 Å². The Morgan fingerprint density at radius 2 is 2.00 bits per heavy atom. The molecule has 0 bridgehead atoms. The molecule has 1 aromatic rings.